The Morgan fingerprint density at radius 2 is 2.13 bits per heavy atom. The number of hydrogen-bond donors (Lipinski definition) is 0. The third kappa shape index (κ3) is 3.70. The van der Waals surface area contributed by atoms with E-state index in [1.165, 1.54) is 5.56 Å². The molecule has 23 heavy (non-hydrogen) atoms. The van der Waals surface area contributed by atoms with Crippen molar-refractivity contribution in [3.8, 4) is 11.4 Å². The Morgan fingerprint density at radius 1 is 1.26 bits per heavy atom. The first-order valence-corrected chi connectivity index (χ1v) is 8.28. The van der Waals surface area contributed by atoms with Gasteiger partial charge in [-0.2, -0.15) is 9.78 Å². The summed E-state index contributed by atoms with van der Waals surface area (Å²) in [4.78, 5) is 0. The highest BCUT2D eigenvalue weighted by Gasteiger charge is 2.12. The molecule has 0 aliphatic carbocycles. The zero-order chi connectivity index (χ0) is 16.1. The van der Waals surface area contributed by atoms with E-state index in [0.29, 0.717) is 0 Å². The van der Waals surface area contributed by atoms with Gasteiger partial charge in [-0.1, -0.05) is 23.9 Å². The lowest BCUT2D eigenvalue weighted by Gasteiger charge is -2.08. The standard InChI is InChI=1S/C15H18N6OS/c1-20-11-12(10-16-20)6-5-9-23-15-17-18-19-21(15)13-7-3-4-8-14(13)22-2/h3-4,7-8,10-11H,5-6,9H2,1-2H3. The molecule has 0 spiro atoms. The molecule has 7 nitrogen and oxygen atoms in total. The largest absolute Gasteiger partial charge is 0.494 e. The van der Waals surface area contributed by atoms with Gasteiger partial charge < -0.3 is 4.74 Å². The minimum Gasteiger partial charge on any atom is -0.494 e. The molecule has 0 amide bonds. The molecule has 0 aliphatic rings. The lowest BCUT2D eigenvalue weighted by atomic mass is 10.2. The van der Waals surface area contributed by atoms with E-state index in [2.05, 4.69) is 20.6 Å². The summed E-state index contributed by atoms with van der Waals surface area (Å²) in [6, 6.07) is 7.70. The number of thioether (sulfide) groups is 1. The van der Waals surface area contributed by atoms with Crippen LogP contribution in [0.2, 0.25) is 0 Å². The normalized spacial score (nSPS) is 10.9. The van der Waals surface area contributed by atoms with Crippen molar-refractivity contribution < 1.29 is 4.74 Å². The Bertz CT molecular complexity index is 769. The van der Waals surface area contributed by atoms with Gasteiger partial charge in [0.2, 0.25) is 5.16 Å². The van der Waals surface area contributed by atoms with Crippen molar-refractivity contribution in [2.75, 3.05) is 12.9 Å². The van der Waals surface area contributed by atoms with Crippen LogP contribution in [-0.2, 0) is 13.5 Å². The van der Waals surface area contributed by atoms with Gasteiger partial charge in [0.05, 0.1) is 13.3 Å². The highest BCUT2D eigenvalue weighted by Crippen LogP contribution is 2.25. The van der Waals surface area contributed by atoms with Crippen LogP contribution in [-0.4, -0.2) is 42.9 Å². The number of hydrogen-bond acceptors (Lipinski definition) is 6. The summed E-state index contributed by atoms with van der Waals surface area (Å²) in [6.07, 6.45) is 5.99. The summed E-state index contributed by atoms with van der Waals surface area (Å²) >= 11 is 1.64. The number of tetrazole rings is 1. The van der Waals surface area contributed by atoms with Crippen LogP contribution in [0.15, 0.2) is 41.8 Å². The second kappa shape index (κ2) is 7.28. The van der Waals surface area contributed by atoms with Crippen LogP contribution in [0.4, 0.5) is 0 Å². The van der Waals surface area contributed by atoms with Gasteiger partial charge >= 0.3 is 0 Å². The molecule has 0 fully saturated rings. The summed E-state index contributed by atoms with van der Waals surface area (Å²) in [6.45, 7) is 0. The number of aryl methyl sites for hydroxylation is 2. The fraction of sp³-hybridized carbons (Fsp3) is 0.333. The molecular formula is C15H18N6OS. The Balaban J connectivity index is 1.62. The molecular weight excluding hydrogens is 312 g/mol. The lowest BCUT2D eigenvalue weighted by molar-refractivity contribution is 0.410. The first-order valence-electron chi connectivity index (χ1n) is 7.30. The van der Waals surface area contributed by atoms with E-state index in [0.717, 1.165) is 35.2 Å². The molecule has 0 saturated carbocycles. The smallest absolute Gasteiger partial charge is 0.214 e. The van der Waals surface area contributed by atoms with Crippen LogP contribution in [0.1, 0.15) is 12.0 Å². The fourth-order valence-electron chi connectivity index (χ4n) is 2.27. The summed E-state index contributed by atoms with van der Waals surface area (Å²) in [5.41, 5.74) is 2.09. The molecule has 1 aromatic carbocycles. The Labute approximate surface area is 138 Å². The minimum atomic E-state index is 0.747. The van der Waals surface area contributed by atoms with Crippen molar-refractivity contribution in [3.63, 3.8) is 0 Å². The average molecular weight is 330 g/mol. The van der Waals surface area contributed by atoms with Crippen LogP contribution in [0.3, 0.4) is 0 Å². The van der Waals surface area contributed by atoms with Gasteiger partial charge in [-0.05, 0) is 41.0 Å². The number of nitrogens with zero attached hydrogens (tertiary/aromatic N) is 6. The number of ether oxygens (including phenoxy) is 1. The van der Waals surface area contributed by atoms with E-state index in [-0.39, 0.29) is 0 Å². The van der Waals surface area contributed by atoms with Gasteiger partial charge in [-0.3, -0.25) is 4.68 Å². The van der Waals surface area contributed by atoms with Gasteiger partial charge in [0.25, 0.3) is 0 Å². The van der Waals surface area contributed by atoms with Crippen LogP contribution in [0, 0.1) is 0 Å². The van der Waals surface area contributed by atoms with Crippen molar-refractivity contribution in [2.45, 2.75) is 18.0 Å². The van der Waals surface area contributed by atoms with Gasteiger partial charge in [-0.15, -0.1) is 5.10 Å². The van der Waals surface area contributed by atoms with E-state index >= 15 is 0 Å². The molecule has 0 unspecified atom stereocenters. The summed E-state index contributed by atoms with van der Waals surface area (Å²) < 4.78 is 8.91. The zero-order valence-corrected chi connectivity index (χ0v) is 13.9. The molecule has 3 rings (SSSR count). The van der Waals surface area contributed by atoms with Crippen LogP contribution >= 0.6 is 11.8 Å². The molecule has 0 aliphatic heterocycles. The predicted octanol–water partition coefficient (Wildman–Crippen LogP) is 2.13. The van der Waals surface area contributed by atoms with Crippen LogP contribution in [0.5, 0.6) is 5.75 Å². The average Bonchev–Trinajstić information content (AvgIpc) is 3.20. The van der Waals surface area contributed by atoms with Crippen molar-refractivity contribution in [1.82, 2.24) is 30.0 Å². The topological polar surface area (TPSA) is 70.7 Å². The molecule has 8 heteroatoms. The second-order valence-electron chi connectivity index (χ2n) is 5.02. The molecule has 120 valence electrons. The van der Waals surface area contributed by atoms with E-state index in [4.69, 9.17) is 4.74 Å². The van der Waals surface area contributed by atoms with E-state index in [1.807, 2.05) is 48.4 Å². The molecule has 3 aromatic rings. The molecule has 0 saturated heterocycles. The Kier molecular flexibility index (Phi) is 4.92. The number of aromatic nitrogens is 6. The number of para-hydroxylation sites is 2. The maximum Gasteiger partial charge on any atom is 0.214 e. The van der Waals surface area contributed by atoms with Crippen molar-refractivity contribution in [1.29, 1.82) is 0 Å². The van der Waals surface area contributed by atoms with Gasteiger partial charge in [-0.25, -0.2) is 0 Å². The summed E-state index contributed by atoms with van der Waals surface area (Å²) in [5.74, 6) is 1.68. The molecule has 2 aromatic heterocycles. The van der Waals surface area contributed by atoms with Gasteiger partial charge in [0.1, 0.15) is 11.4 Å². The number of methoxy groups -OCH3 is 1. The molecule has 0 radical (unpaired) electrons. The van der Waals surface area contributed by atoms with Gasteiger partial charge in [0.15, 0.2) is 0 Å². The van der Waals surface area contributed by atoms with Crippen LogP contribution in [0.25, 0.3) is 5.69 Å². The minimum absolute atomic E-state index is 0.747. The fourth-order valence-corrected chi connectivity index (χ4v) is 3.09. The van der Waals surface area contributed by atoms with E-state index in [9.17, 15) is 0 Å². The molecule has 0 atom stereocenters. The third-order valence-corrected chi connectivity index (χ3v) is 4.36. The number of benzene rings is 1. The van der Waals surface area contributed by atoms with E-state index < -0.39 is 0 Å². The van der Waals surface area contributed by atoms with Gasteiger partial charge in [0, 0.05) is 19.0 Å². The molecule has 0 bridgehead atoms. The second-order valence-corrected chi connectivity index (χ2v) is 6.08. The first kappa shape index (κ1) is 15.5. The highest BCUT2D eigenvalue weighted by atomic mass is 32.2. The lowest BCUT2D eigenvalue weighted by Crippen LogP contribution is -2.02. The quantitative estimate of drug-likeness (QED) is 0.488. The highest BCUT2D eigenvalue weighted by molar-refractivity contribution is 7.99. The van der Waals surface area contributed by atoms with Crippen molar-refractivity contribution >= 4 is 11.8 Å². The van der Waals surface area contributed by atoms with Crippen molar-refractivity contribution in [2.24, 2.45) is 7.05 Å². The first-order chi connectivity index (χ1) is 11.3. The third-order valence-electron chi connectivity index (χ3n) is 3.35. The Hall–Kier alpha value is -2.35. The monoisotopic (exact) mass is 330 g/mol. The maximum absolute atomic E-state index is 5.38. The number of rotatable bonds is 7. The van der Waals surface area contributed by atoms with Crippen molar-refractivity contribution in [3.05, 3.63) is 42.2 Å². The predicted molar refractivity (Wildman–Crippen MR) is 88.0 cm³/mol. The zero-order valence-electron chi connectivity index (χ0n) is 13.1. The maximum atomic E-state index is 5.38. The van der Waals surface area contributed by atoms with Crippen LogP contribution < -0.4 is 4.74 Å². The Morgan fingerprint density at radius 3 is 2.91 bits per heavy atom. The van der Waals surface area contributed by atoms with E-state index in [1.54, 1.807) is 23.6 Å². The summed E-state index contributed by atoms with van der Waals surface area (Å²) in [5, 5.41) is 16.9. The summed E-state index contributed by atoms with van der Waals surface area (Å²) in [7, 11) is 3.57. The molecule has 2 heterocycles. The SMILES string of the molecule is COc1ccccc1-n1nnnc1SCCCc1cnn(C)c1. The molecule has 0 N–H and O–H groups in total.